The van der Waals surface area contributed by atoms with E-state index in [-0.39, 0.29) is 18.0 Å². The summed E-state index contributed by atoms with van der Waals surface area (Å²) in [6.45, 7) is 2.29. The van der Waals surface area contributed by atoms with E-state index in [9.17, 15) is 9.59 Å². The van der Waals surface area contributed by atoms with Crippen LogP contribution in [0.3, 0.4) is 0 Å². The van der Waals surface area contributed by atoms with Crippen LogP contribution >= 0.6 is 27.3 Å². The van der Waals surface area contributed by atoms with E-state index in [4.69, 9.17) is 4.74 Å². The lowest BCUT2D eigenvalue weighted by Gasteiger charge is -2.24. The van der Waals surface area contributed by atoms with Gasteiger partial charge in [-0.25, -0.2) is 4.79 Å². The van der Waals surface area contributed by atoms with Gasteiger partial charge in [-0.15, -0.1) is 11.3 Å². The number of fused-ring (bicyclic) bond motifs is 1. The smallest absolute Gasteiger partial charge is 0.323 e. The fraction of sp³-hybridized carbons (Fsp3) is 0.429. The van der Waals surface area contributed by atoms with Gasteiger partial charge in [0, 0.05) is 25.8 Å². The Balaban J connectivity index is 1.46. The van der Waals surface area contributed by atoms with Crippen molar-refractivity contribution in [2.75, 3.05) is 37.4 Å². The number of nitrogens with one attached hydrogen (secondary N) is 3. The van der Waals surface area contributed by atoms with Gasteiger partial charge >= 0.3 is 6.03 Å². The second kappa shape index (κ2) is 9.47. The highest BCUT2D eigenvalue weighted by Gasteiger charge is 2.40. The van der Waals surface area contributed by atoms with E-state index in [0.717, 1.165) is 40.4 Å². The van der Waals surface area contributed by atoms with Crippen LogP contribution in [0.5, 0.6) is 0 Å². The summed E-state index contributed by atoms with van der Waals surface area (Å²) in [7, 11) is 1.61. The number of benzene rings is 1. The summed E-state index contributed by atoms with van der Waals surface area (Å²) in [6.07, 6.45) is 2.24. The summed E-state index contributed by atoms with van der Waals surface area (Å²) >= 11 is 4.82. The highest BCUT2D eigenvalue weighted by Crippen LogP contribution is 2.28. The fourth-order valence-corrected chi connectivity index (χ4v) is 5.25. The number of urea groups is 1. The van der Waals surface area contributed by atoms with Gasteiger partial charge in [0.15, 0.2) is 0 Å². The molecule has 3 heterocycles. The number of hydrogen-bond acceptors (Lipinski definition) is 5. The summed E-state index contributed by atoms with van der Waals surface area (Å²) < 4.78 is 6.38. The normalized spacial score (nSPS) is 21.1. The van der Waals surface area contributed by atoms with Crippen LogP contribution in [0.15, 0.2) is 34.1 Å². The second-order valence-electron chi connectivity index (χ2n) is 7.52. The lowest BCUT2D eigenvalue weighted by molar-refractivity contribution is -0.119. The summed E-state index contributed by atoms with van der Waals surface area (Å²) in [4.78, 5) is 27.5. The molecule has 9 heteroatoms. The molecular weight excluding hydrogens is 468 g/mol. The molecule has 0 bridgehead atoms. The molecule has 2 atom stereocenters. The van der Waals surface area contributed by atoms with Crippen molar-refractivity contribution < 1.29 is 14.3 Å². The number of halogens is 1. The van der Waals surface area contributed by atoms with Gasteiger partial charge in [0.05, 0.1) is 14.9 Å². The Kier molecular flexibility index (Phi) is 6.72. The van der Waals surface area contributed by atoms with Gasteiger partial charge in [-0.05, 0) is 77.3 Å². The quantitative estimate of drug-likeness (QED) is 0.610. The minimum atomic E-state index is -0.584. The summed E-state index contributed by atoms with van der Waals surface area (Å²) in [6, 6.07) is 8.91. The number of carbonyl (C=O) groups excluding carboxylic acids is 2. The van der Waals surface area contributed by atoms with Crippen molar-refractivity contribution in [3.05, 3.63) is 45.2 Å². The number of methoxy groups -OCH3 is 1. The third-order valence-electron chi connectivity index (χ3n) is 5.58. The number of likely N-dealkylation sites (tertiary alicyclic amines) is 1. The van der Waals surface area contributed by atoms with E-state index in [1.54, 1.807) is 12.0 Å². The molecule has 3 N–H and O–H groups in total. The molecule has 2 aromatic rings. The number of ether oxygens (including phenoxy) is 1. The minimum absolute atomic E-state index is 0.167. The van der Waals surface area contributed by atoms with E-state index < -0.39 is 6.04 Å². The predicted molar refractivity (Wildman–Crippen MR) is 122 cm³/mol. The molecule has 7 nitrogen and oxygen atoms in total. The van der Waals surface area contributed by atoms with Crippen LogP contribution in [-0.2, 0) is 22.4 Å². The van der Waals surface area contributed by atoms with Crippen molar-refractivity contribution in [1.82, 2.24) is 10.2 Å². The molecule has 2 aliphatic heterocycles. The van der Waals surface area contributed by atoms with Gasteiger partial charge in [-0.1, -0.05) is 6.07 Å². The molecule has 0 aliphatic carbocycles. The molecule has 1 fully saturated rings. The molecule has 2 aliphatic rings. The number of thiophene rings is 1. The third kappa shape index (κ3) is 4.85. The number of nitrogens with zero attached hydrogens (tertiary/aromatic N) is 1. The molecule has 4 rings (SSSR count). The maximum Gasteiger partial charge on any atom is 0.323 e. The van der Waals surface area contributed by atoms with Crippen molar-refractivity contribution >= 4 is 49.9 Å². The Morgan fingerprint density at radius 3 is 2.70 bits per heavy atom. The largest absolute Gasteiger partial charge is 0.380 e. The second-order valence-corrected chi connectivity index (χ2v) is 9.98. The van der Waals surface area contributed by atoms with E-state index in [2.05, 4.69) is 44.0 Å². The van der Waals surface area contributed by atoms with Crippen LogP contribution in [0, 0.1) is 0 Å². The Bertz CT molecular complexity index is 935. The lowest BCUT2D eigenvalue weighted by Crippen LogP contribution is -2.45. The number of amides is 3. The number of rotatable bonds is 4. The highest BCUT2D eigenvalue weighted by atomic mass is 79.9. The van der Waals surface area contributed by atoms with Gasteiger partial charge in [0.2, 0.25) is 5.91 Å². The SMILES string of the molecule is COC1CC(C(=O)Nc2ccc3c(c2)CCNCC3)N(C(=O)Nc2ccc(Br)s2)C1. The van der Waals surface area contributed by atoms with E-state index in [1.165, 1.54) is 22.5 Å². The van der Waals surface area contributed by atoms with Crippen molar-refractivity contribution in [3.8, 4) is 0 Å². The molecule has 30 heavy (non-hydrogen) atoms. The molecule has 0 saturated carbocycles. The third-order valence-corrected chi connectivity index (χ3v) is 7.12. The van der Waals surface area contributed by atoms with Crippen molar-refractivity contribution in [2.45, 2.75) is 31.4 Å². The topological polar surface area (TPSA) is 82.7 Å². The molecular formula is C21H25BrN4O3S. The van der Waals surface area contributed by atoms with Crippen molar-refractivity contribution in [3.63, 3.8) is 0 Å². The Hall–Kier alpha value is -1.94. The van der Waals surface area contributed by atoms with Crippen molar-refractivity contribution in [2.24, 2.45) is 0 Å². The first kappa shape index (κ1) is 21.3. The average molecular weight is 493 g/mol. The zero-order valence-electron chi connectivity index (χ0n) is 16.7. The Morgan fingerprint density at radius 2 is 1.97 bits per heavy atom. The van der Waals surface area contributed by atoms with Crippen LogP contribution in [0.1, 0.15) is 17.5 Å². The number of anilines is 2. The molecule has 160 valence electrons. The zero-order valence-corrected chi connectivity index (χ0v) is 19.1. The van der Waals surface area contributed by atoms with Crippen LogP contribution in [-0.4, -0.2) is 55.7 Å². The van der Waals surface area contributed by atoms with Crippen LogP contribution < -0.4 is 16.0 Å². The summed E-state index contributed by atoms with van der Waals surface area (Å²) in [5.74, 6) is -0.191. The molecule has 1 aromatic carbocycles. The van der Waals surface area contributed by atoms with Gasteiger partial charge in [0.1, 0.15) is 6.04 Å². The number of hydrogen-bond donors (Lipinski definition) is 3. The number of carbonyl (C=O) groups is 2. The van der Waals surface area contributed by atoms with Crippen LogP contribution in [0.25, 0.3) is 0 Å². The fourth-order valence-electron chi connectivity index (χ4n) is 3.98. The highest BCUT2D eigenvalue weighted by molar-refractivity contribution is 9.11. The lowest BCUT2D eigenvalue weighted by atomic mass is 10.0. The zero-order chi connectivity index (χ0) is 21.1. The van der Waals surface area contributed by atoms with Crippen LogP contribution in [0.2, 0.25) is 0 Å². The van der Waals surface area contributed by atoms with Gasteiger partial charge < -0.3 is 20.3 Å². The monoisotopic (exact) mass is 492 g/mol. The van der Waals surface area contributed by atoms with Crippen LogP contribution in [0.4, 0.5) is 15.5 Å². The molecule has 2 unspecified atom stereocenters. The molecule has 0 radical (unpaired) electrons. The first-order valence-electron chi connectivity index (χ1n) is 10.0. The van der Waals surface area contributed by atoms with Gasteiger partial charge in [0.25, 0.3) is 0 Å². The maximum atomic E-state index is 13.1. The molecule has 0 spiro atoms. The predicted octanol–water partition coefficient (Wildman–Crippen LogP) is 3.46. The standard InChI is InChI=1S/C21H25BrN4O3S/c1-29-16-11-17(26(12-16)21(28)25-19-5-4-18(22)30-19)20(27)24-15-3-2-13-6-8-23-9-7-14(13)10-15/h2-5,10,16-17,23H,6-9,11-12H2,1H3,(H,24,27)(H,25,28). The van der Waals surface area contributed by atoms with E-state index >= 15 is 0 Å². The van der Waals surface area contributed by atoms with Crippen molar-refractivity contribution in [1.29, 1.82) is 0 Å². The maximum absolute atomic E-state index is 13.1. The molecule has 1 saturated heterocycles. The molecule has 1 aromatic heterocycles. The van der Waals surface area contributed by atoms with E-state index in [1.807, 2.05) is 18.2 Å². The van der Waals surface area contributed by atoms with E-state index in [0.29, 0.717) is 13.0 Å². The van der Waals surface area contributed by atoms with Gasteiger partial charge in [-0.2, -0.15) is 0 Å². The molecule has 3 amide bonds. The Labute approximate surface area is 188 Å². The average Bonchev–Trinajstić information content (AvgIpc) is 3.27. The Morgan fingerprint density at radius 1 is 1.17 bits per heavy atom. The summed E-state index contributed by atoms with van der Waals surface area (Å²) in [5.41, 5.74) is 3.35. The first-order chi connectivity index (χ1) is 14.5. The minimum Gasteiger partial charge on any atom is -0.380 e. The first-order valence-corrected chi connectivity index (χ1v) is 11.6. The summed E-state index contributed by atoms with van der Waals surface area (Å²) in [5, 5.41) is 10.0. The van der Waals surface area contributed by atoms with Gasteiger partial charge in [-0.3, -0.25) is 10.1 Å².